The Labute approximate surface area is 220 Å². The lowest BCUT2D eigenvalue weighted by Gasteiger charge is -2.35. The fraction of sp³-hybridized carbons (Fsp3) is 0.346. The van der Waals surface area contributed by atoms with Crippen molar-refractivity contribution >= 4 is 27.6 Å². The second-order valence-corrected chi connectivity index (χ2v) is 10.9. The summed E-state index contributed by atoms with van der Waals surface area (Å²) in [6.07, 6.45) is -0.254. The lowest BCUT2D eigenvalue weighted by atomic mass is 10.2. The Morgan fingerprint density at radius 2 is 1.71 bits per heavy atom. The molecule has 0 bridgehead atoms. The standard InChI is InChI=1S/C26H30N4O7S/c1-17-14-29(15-18(2)37-17)23(31)16-36-26(33)20-9-8-12-22(13-20)38(34,35)27-24-19(3)28(4)30(25(24)32)21-10-6-5-7-11-21/h5-13,17-18,27H,14-16H2,1-4H3. The zero-order valence-corrected chi connectivity index (χ0v) is 22.4. The van der Waals surface area contributed by atoms with Crippen LogP contribution in [0.15, 0.2) is 64.3 Å². The van der Waals surface area contributed by atoms with E-state index >= 15 is 0 Å². The van der Waals surface area contributed by atoms with Gasteiger partial charge in [0.2, 0.25) is 0 Å². The van der Waals surface area contributed by atoms with Crippen molar-refractivity contribution in [1.82, 2.24) is 14.3 Å². The Hall–Kier alpha value is -3.90. The number of rotatable bonds is 7. The number of esters is 1. The zero-order valence-electron chi connectivity index (χ0n) is 21.6. The van der Waals surface area contributed by atoms with Crippen LogP contribution in [0.1, 0.15) is 29.9 Å². The third kappa shape index (κ3) is 5.65. The fourth-order valence-electron chi connectivity index (χ4n) is 4.35. The average molecular weight is 543 g/mol. The number of aromatic nitrogens is 2. The minimum atomic E-state index is -4.23. The van der Waals surface area contributed by atoms with Gasteiger partial charge in [0.25, 0.3) is 21.5 Å². The first-order chi connectivity index (χ1) is 18.0. The van der Waals surface area contributed by atoms with Crippen molar-refractivity contribution in [1.29, 1.82) is 0 Å². The maximum atomic E-state index is 13.2. The van der Waals surface area contributed by atoms with Crippen molar-refractivity contribution in [2.24, 2.45) is 7.05 Å². The van der Waals surface area contributed by atoms with Crippen molar-refractivity contribution in [3.05, 3.63) is 76.2 Å². The minimum Gasteiger partial charge on any atom is -0.452 e. The van der Waals surface area contributed by atoms with Crippen molar-refractivity contribution < 1.29 is 27.5 Å². The normalized spacial score (nSPS) is 17.7. The van der Waals surface area contributed by atoms with Crippen molar-refractivity contribution in [3.8, 4) is 5.69 Å². The number of nitrogens with one attached hydrogen (secondary N) is 1. The minimum absolute atomic E-state index is 0.0455. The van der Waals surface area contributed by atoms with E-state index in [4.69, 9.17) is 9.47 Å². The third-order valence-electron chi connectivity index (χ3n) is 6.27. The summed E-state index contributed by atoms with van der Waals surface area (Å²) in [6.45, 7) is 5.65. The van der Waals surface area contributed by atoms with Crippen LogP contribution in [-0.2, 0) is 31.3 Å². The summed E-state index contributed by atoms with van der Waals surface area (Å²) in [4.78, 5) is 39.6. The van der Waals surface area contributed by atoms with Gasteiger partial charge in [-0.15, -0.1) is 0 Å². The van der Waals surface area contributed by atoms with Gasteiger partial charge in [-0.3, -0.25) is 19.0 Å². The quantitative estimate of drug-likeness (QED) is 0.453. The van der Waals surface area contributed by atoms with E-state index in [9.17, 15) is 22.8 Å². The topological polar surface area (TPSA) is 129 Å². The number of nitrogens with zero attached hydrogens (tertiary/aromatic N) is 3. The molecule has 1 saturated heterocycles. The Kier molecular flexibility index (Phi) is 7.74. The van der Waals surface area contributed by atoms with E-state index < -0.39 is 28.2 Å². The Morgan fingerprint density at radius 3 is 2.37 bits per heavy atom. The Morgan fingerprint density at radius 1 is 1.05 bits per heavy atom. The number of anilines is 1. The molecule has 2 aromatic carbocycles. The smallest absolute Gasteiger partial charge is 0.338 e. The first-order valence-electron chi connectivity index (χ1n) is 12.0. The molecule has 4 rings (SSSR count). The number of amides is 1. The van der Waals surface area contributed by atoms with Gasteiger partial charge in [-0.2, -0.15) is 0 Å². The number of hydrogen-bond acceptors (Lipinski definition) is 7. The van der Waals surface area contributed by atoms with Crippen LogP contribution in [0, 0.1) is 6.92 Å². The van der Waals surface area contributed by atoms with Gasteiger partial charge in [0.1, 0.15) is 5.69 Å². The molecule has 0 radical (unpaired) electrons. The van der Waals surface area contributed by atoms with Crippen LogP contribution in [-0.4, -0.2) is 66.5 Å². The van der Waals surface area contributed by atoms with Crippen LogP contribution in [0.25, 0.3) is 5.69 Å². The molecular weight excluding hydrogens is 512 g/mol. The second kappa shape index (κ2) is 10.8. The molecule has 0 saturated carbocycles. The number of ether oxygens (including phenoxy) is 2. The second-order valence-electron chi connectivity index (χ2n) is 9.20. The molecule has 1 aliphatic heterocycles. The average Bonchev–Trinajstić information content (AvgIpc) is 3.09. The van der Waals surface area contributed by atoms with Crippen molar-refractivity contribution in [3.63, 3.8) is 0 Å². The van der Waals surface area contributed by atoms with Crippen LogP contribution in [0.2, 0.25) is 0 Å². The van der Waals surface area contributed by atoms with E-state index in [0.29, 0.717) is 24.5 Å². The number of carbonyl (C=O) groups excluding carboxylic acids is 2. The molecule has 1 fully saturated rings. The summed E-state index contributed by atoms with van der Waals surface area (Å²) in [6, 6.07) is 14.0. The van der Waals surface area contributed by atoms with Gasteiger partial charge in [-0.25, -0.2) is 17.9 Å². The van der Waals surface area contributed by atoms with Crippen LogP contribution in [0.3, 0.4) is 0 Å². The molecule has 1 aliphatic rings. The highest BCUT2D eigenvalue weighted by Gasteiger charge is 2.27. The van der Waals surface area contributed by atoms with E-state index in [-0.39, 0.29) is 34.3 Å². The largest absolute Gasteiger partial charge is 0.452 e. The van der Waals surface area contributed by atoms with E-state index in [0.717, 1.165) is 6.07 Å². The summed E-state index contributed by atoms with van der Waals surface area (Å²) in [5.41, 5.74) is 0.289. The summed E-state index contributed by atoms with van der Waals surface area (Å²) in [5, 5.41) is 0. The van der Waals surface area contributed by atoms with Crippen LogP contribution < -0.4 is 10.3 Å². The predicted molar refractivity (Wildman–Crippen MR) is 140 cm³/mol. The zero-order chi connectivity index (χ0) is 27.6. The molecule has 202 valence electrons. The lowest BCUT2D eigenvalue weighted by Crippen LogP contribution is -2.49. The van der Waals surface area contributed by atoms with Gasteiger partial charge in [-0.1, -0.05) is 24.3 Å². The fourth-order valence-corrected chi connectivity index (χ4v) is 5.51. The molecule has 1 aromatic heterocycles. The van der Waals surface area contributed by atoms with Crippen molar-refractivity contribution in [2.45, 2.75) is 37.9 Å². The number of sulfonamides is 1. The number of morpholine rings is 1. The van der Waals surface area contributed by atoms with E-state index in [1.165, 1.54) is 22.9 Å². The first-order valence-corrected chi connectivity index (χ1v) is 13.5. The first kappa shape index (κ1) is 27.1. The summed E-state index contributed by atoms with van der Waals surface area (Å²) >= 11 is 0. The maximum absolute atomic E-state index is 13.2. The van der Waals surface area contributed by atoms with E-state index in [1.54, 1.807) is 47.8 Å². The Bertz CT molecular complexity index is 1500. The molecule has 38 heavy (non-hydrogen) atoms. The molecule has 0 aliphatic carbocycles. The Balaban J connectivity index is 1.50. The van der Waals surface area contributed by atoms with Gasteiger partial charge in [0.05, 0.1) is 34.0 Å². The molecule has 2 unspecified atom stereocenters. The van der Waals surface area contributed by atoms with E-state index in [1.807, 2.05) is 19.9 Å². The predicted octanol–water partition coefficient (Wildman–Crippen LogP) is 2.08. The molecule has 2 atom stereocenters. The summed E-state index contributed by atoms with van der Waals surface area (Å²) in [7, 11) is -2.58. The molecule has 1 N–H and O–H groups in total. The van der Waals surface area contributed by atoms with Crippen LogP contribution in [0.4, 0.5) is 5.69 Å². The van der Waals surface area contributed by atoms with Gasteiger partial charge in [0.15, 0.2) is 6.61 Å². The van der Waals surface area contributed by atoms with Gasteiger partial charge in [-0.05, 0) is 51.1 Å². The number of para-hydroxylation sites is 1. The highest BCUT2D eigenvalue weighted by atomic mass is 32.2. The summed E-state index contributed by atoms with van der Waals surface area (Å²) < 4.78 is 42.4. The highest BCUT2D eigenvalue weighted by molar-refractivity contribution is 7.92. The molecule has 12 heteroatoms. The number of benzene rings is 2. The van der Waals surface area contributed by atoms with E-state index in [2.05, 4.69) is 4.72 Å². The maximum Gasteiger partial charge on any atom is 0.338 e. The van der Waals surface area contributed by atoms with Gasteiger partial charge in [0, 0.05) is 20.1 Å². The number of carbonyl (C=O) groups is 2. The summed E-state index contributed by atoms with van der Waals surface area (Å²) in [5.74, 6) is -1.20. The SMILES string of the molecule is Cc1c(NS(=O)(=O)c2cccc(C(=O)OCC(=O)N3CC(C)OC(C)C3)c2)c(=O)n(-c2ccccc2)n1C. The lowest BCUT2D eigenvalue weighted by molar-refractivity contribution is -0.146. The third-order valence-corrected chi connectivity index (χ3v) is 7.62. The molecular formula is C26H30N4O7S. The molecule has 3 aromatic rings. The van der Waals surface area contributed by atoms with Crippen molar-refractivity contribution in [2.75, 3.05) is 24.4 Å². The molecule has 0 spiro atoms. The molecule has 1 amide bonds. The number of hydrogen-bond donors (Lipinski definition) is 1. The van der Waals surface area contributed by atoms with Crippen LogP contribution >= 0.6 is 0 Å². The molecule has 2 heterocycles. The molecule has 11 nitrogen and oxygen atoms in total. The van der Waals surface area contributed by atoms with Gasteiger partial charge >= 0.3 is 5.97 Å². The highest BCUT2D eigenvalue weighted by Crippen LogP contribution is 2.20. The van der Waals surface area contributed by atoms with Gasteiger partial charge < -0.3 is 14.4 Å². The monoisotopic (exact) mass is 542 g/mol. The van der Waals surface area contributed by atoms with Crippen LogP contribution in [0.5, 0.6) is 0 Å².